The molecule has 1 unspecified atom stereocenters. The van der Waals surface area contributed by atoms with E-state index in [0.29, 0.717) is 6.61 Å². The summed E-state index contributed by atoms with van der Waals surface area (Å²) >= 11 is 0. The van der Waals surface area contributed by atoms with Gasteiger partial charge in [0.2, 0.25) is 5.95 Å². The van der Waals surface area contributed by atoms with Crippen molar-refractivity contribution >= 4 is 5.97 Å². The number of nitrogens with zero attached hydrogens (tertiary/aromatic N) is 2. The highest BCUT2D eigenvalue weighted by Crippen LogP contribution is 2.11. The van der Waals surface area contributed by atoms with Crippen molar-refractivity contribution in [1.82, 2.24) is 9.78 Å². The van der Waals surface area contributed by atoms with Crippen LogP contribution in [0.15, 0.2) is 6.20 Å². The zero-order chi connectivity index (χ0) is 10.7. The van der Waals surface area contributed by atoms with Crippen LogP contribution in [0, 0.1) is 5.95 Å². The molecule has 0 radical (unpaired) electrons. The predicted molar refractivity (Wildman–Crippen MR) is 45.5 cm³/mol. The van der Waals surface area contributed by atoms with Gasteiger partial charge < -0.3 is 9.84 Å². The van der Waals surface area contributed by atoms with Crippen LogP contribution in [0.2, 0.25) is 0 Å². The average molecular weight is 202 g/mol. The quantitative estimate of drug-likeness (QED) is 0.798. The Labute approximate surface area is 80.1 Å². The number of ether oxygens (including phenoxy) is 1. The summed E-state index contributed by atoms with van der Waals surface area (Å²) in [5.74, 6) is -2.33. The molecule has 1 aromatic heterocycles. The molecular formula is C8H11FN2O3. The number of carboxylic acids is 1. The van der Waals surface area contributed by atoms with Crippen LogP contribution in [-0.2, 0) is 4.74 Å². The van der Waals surface area contributed by atoms with Crippen LogP contribution >= 0.6 is 0 Å². The minimum atomic E-state index is -1.34. The van der Waals surface area contributed by atoms with Gasteiger partial charge in [-0.3, -0.25) is 0 Å². The molecule has 0 aliphatic rings. The molecule has 0 aliphatic heterocycles. The maximum absolute atomic E-state index is 12.9. The number of hydrogen-bond donors (Lipinski definition) is 1. The first-order valence-corrected chi connectivity index (χ1v) is 4.15. The summed E-state index contributed by atoms with van der Waals surface area (Å²) in [6.45, 7) is 3.89. The summed E-state index contributed by atoms with van der Waals surface area (Å²) in [5.41, 5.74) is -0.448. The van der Waals surface area contributed by atoms with E-state index in [-0.39, 0.29) is 0 Å². The monoisotopic (exact) mass is 202 g/mol. The lowest BCUT2D eigenvalue weighted by atomic mass is 10.4. The second-order valence-electron chi connectivity index (χ2n) is 2.67. The van der Waals surface area contributed by atoms with Gasteiger partial charge >= 0.3 is 5.97 Å². The molecule has 6 heteroatoms. The zero-order valence-corrected chi connectivity index (χ0v) is 7.90. The largest absolute Gasteiger partial charge is 0.477 e. The normalized spacial score (nSPS) is 12.8. The van der Waals surface area contributed by atoms with Gasteiger partial charge in [-0.1, -0.05) is 0 Å². The Balaban J connectivity index is 2.90. The standard InChI is InChI=1S/C8H11FN2O3/c1-3-14-5(2)11-4-6(8(12)13)7(9)10-11/h4-5H,3H2,1-2H3,(H,12,13). The maximum atomic E-state index is 12.9. The molecule has 0 spiro atoms. The van der Waals surface area contributed by atoms with Crippen LogP contribution in [-0.4, -0.2) is 27.5 Å². The van der Waals surface area contributed by atoms with Crippen LogP contribution in [0.4, 0.5) is 4.39 Å². The van der Waals surface area contributed by atoms with Gasteiger partial charge in [-0.15, -0.1) is 5.10 Å². The van der Waals surface area contributed by atoms with E-state index in [1.807, 2.05) is 0 Å². The minimum absolute atomic E-state index is 0.448. The highest BCUT2D eigenvalue weighted by atomic mass is 19.1. The highest BCUT2D eigenvalue weighted by Gasteiger charge is 2.17. The summed E-state index contributed by atoms with van der Waals surface area (Å²) in [6.07, 6.45) is 0.639. The fraction of sp³-hybridized carbons (Fsp3) is 0.500. The van der Waals surface area contributed by atoms with Crippen LogP contribution in [0.3, 0.4) is 0 Å². The Morgan fingerprint density at radius 1 is 1.86 bits per heavy atom. The van der Waals surface area contributed by atoms with Gasteiger partial charge in [0.05, 0.1) is 0 Å². The van der Waals surface area contributed by atoms with Gasteiger partial charge in [0.1, 0.15) is 11.8 Å². The molecule has 1 rings (SSSR count). The second-order valence-corrected chi connectivity index (χ2v) is 2.67. The second kappa shape index (κ2) is 4.19. The average Bonchev–Trinajstić information content (AvgIpc) is 2.48. The Morgan fingerprint density at radius 2 is 2.50 bits per heavy atom. The van der Waals surface area contributed by atoms with Crippen LogP contribution in [0.25, 0.3) is 0 Å². The number of aromatic nitrogens is 2. The van der Waals surface area contributed by atoms with E-state index in [1.165, 1.54) is 0 Å². The summed E-state index contributed by atoms with van der Waals surface area (Å²) < 4.78 is 19.2. The Hall–Kier alpha value is -1.43. The van der Waals surface area contributed by atoms with Crippen molar-refractivity contribution in [2.24, 2.45) is 0 Å². The number of carboxylic acid groups (broad SMARTS) is 1. The lowest BCUT2D eigenvalue weighted by Crippen LogP contribution is -2.09. The number of aromatic carboxylic acids is 1. The fourth-order valence-electron chi connectivity index (χ4n) is 1.02. The summed E-state index contributed by atoms with van der Waals surface area (Å²) in [4.78, 5) is 10.5. The smallest absolute Gasteiger partial charge is 0.342 e. The van der Waals surface area contributed by atoms with Crippen LogP contribution in [0.1, 0.15) is 30.4 Å². The van der Waals surface area contributed by atoms with Crippen molar-refractivity contribution in [3.05, 3.63) is 17.7 Å². The molecule has 78 valence electrons. The van der Waals surface area contributed by atoms with Crippen molar-refractivity contribution in [3.63, 3.8) is 0 Å². The molecule has 0 bridgehead atoms. The van der Waals surface area contributed by atoms with Gasteiger partial charge in [0.15, 0.2) is 0 Å². The van der Waals surface area contributed by atoms with Crippen molar-refractivity contribution in [3.8, 4) is 0 Å². The van der Waals surface area contributed by atoms with Gasteiger partial charge in [-0.25, -0.2) is 9.48 Å². The van der Waals surface area contributed by atoms with E-state index in [4.69, 9.17) is 9.84 Å². The number of halogens is 1. The van der Waals surface area contributed by atoms with Crippen molar-refractivity contribution in [2.75, 3.05) is 6.61 Å². The SMILES string of the molecule is CCOC(C)n1cc(C(=O)O)c(F)n1. The van der Waals surface area contributed by atoms with Crippen LogP contribution < -0.4 is 0 Å². The number of hydrogen-bond acceptors (Lipinski definition) is 3. The molecule has 0 saturated heterocycles. The molecule has 0 saturated carbocycles. The van der Waals surface area contributed by atoms with Gasteiger partial charge in [0.25, 0.3) is 0 Å². The first-order valence-electron chi connectivity index (χ1n) is 4.15. The first kappa shape index (κ1) is 10.6. The highest BCUT2D eigenvalue weighted by molar-refractivity contribution is 5.87. The van der Waals surface area contributed by atoms with Gasteiger partial charge in [-0.05, 0) is 13.8 Å². The van der Waals surface area contributed by atoms with Crippen LogP contribution in [0.5, 0.6) is 0 Å². The fourth-order valence-corrected chi connectivity index (χ4v) is 1.02. The summed E-state index contributed by atoms with van der Waals surface area (Å²) in [6, 6.07) is 0. The minimum Gasteiger partial charge on any atom is -0.477 e. The molecule has 1 heterocycles. The first-order chi connectivity index (χ1) is 6.56. The Kier molecular flexibility index (Phi) is 3.19. The molecule has 0 amide bonds. The zero-order valence-electron chi connectivity index (χ0n) is 7.90. The third-order valence-corrected chi connectivity index (χ3v) is 1.70. The predicted octanol–water partition coefficient (Wildman–Crippen LogP) is 1.28. The molecule has 1 N–H and O–H groups in total. The molecule has 5 nitrogen and oxygen atoms in total. The van der Waals surface area contributed by atoms with E-state index in [1.54, 1.807) is 13.8 Å². The molecule has 14 heavy (non-hydrogen) atoms. The third-order valence-electron chi connectivity index (χ3n) is 1.70. The lowest BCUT2D eigenvalue weighted by Gasteiger charge is -2.10. The van der Waals surface area contributed by atoms with E-state index in [2.05, 4.69) is 5.10 Å². The van der Waals surface area contributed by atoms with Gasteiger partial charge in [0, 0.05) is 12.8 Å². The molecule has 0 aliphatic carbocycles. The molecular weight excluding hydrogens is 191 g/mol. The van der Waals surface area contributed by atoms with Crippen molar-refractivity contribution in [1.29, 1.82) is 0 Å². The van der Waals surface area contributed by atoms with E-state index >= 15 is 0 Å². The lowest BCUT2D eigenvalue weighted by molar-refractivity contribution is 0.0149. The Bertz CT molecular complexity index is 337. The van der Waals surface area contributed by atoms with E-state index < -0.39 is 23.7 Å². The Morgan fingerprint density at radius 3 is 2.93 bits per heavy atom. The van der Waals surface area contributed by atoms with E-state index in [0.717, 1.165) is 10.9 Å². The van der Waals surface area contributed by atoms with Gasteiger partial charge in [-0.2, -0.15) is 4.39 Å². The van der Waals surface area contributed by atoms with Crippen molar-refractivity contribution in [2.45, 2.75) is 20.1 Å². The summed E-state index contributed by atoms with van der Waals surface area (Å²) in [7, 11) is 0. The number of carbonyl (C=O) groups is 1. The molecule has 0 fully saturated rings. The molecule has 1 atom stereocenters. The maximum Gasteiger partial charge on any atom is 0.342 e. The summed E-state index contributed by atoms with van der Waals surface area (Å²) in [5, 5.41) is 12.0. The van der Waals surface area contributed by atoms with Crippen molar-refractivity contribution < 1.29 is 19.0 Å². The number of rotatable bonds is 4. The van der Waals surface area contributed by atoms with E-state index in [9.17, 15) is 9.18 Å². The topological polar surface area (TPSA) is 64.3 Å². The molecule has 1 aromatic rings. The molecule has 0 aromatic carbocycles. The third kappa shape index (κ3) is 2.08.